The SMILES string of the molecule is COc1ccc(S(OS(=O)(=O)C(F)(F)C(F)(F)C(F)(F)C(F)(F)F)(c2ccccc2)c2ccc(C(=O)c3ccc(Sc4ccccc4)cc3)cc2)c(OC)c1. The van der Waals surface area contributed by atoms with E-state index in [1.165, 1.54) is 55.3 Å². The molecule has 1 atom stereocenters. The van der Waals surface area contributed by atoms with Crippen LogP contribution in [0.1, 0.15) is 15.9 Å². The Morgan fingerprint density at radius 2 is 1.07 bits per heavy atom. The van der Waals surface area contributed by atoms with Crippen molar-refractivity contribution in [1.82, 2.24) is 0 Å². The topological polar surface area (TPSA) is 78.9 Å². The standard InChI is InChI=1S/C37H27F9O6S3/c1-50-26-17-22-32(31(23-26)51-2)54(29-11-7-4-8-12-29,52-55(48,49)37(45,46)35(40,41)34(38,39)36(42,43)44)30-20-15-25(16-21-30)33(47)24-13-18-28(19-14-24)53-27-9-5-3-6-10-27/h3-23H,1-2H3. The first-order valence-electron chi connectivity index (χ1n) is 15.5. The number of rotatable bonds is 14. The van der Waals surface area contributed by atoms with Gasteiger partial charge in [-0.25, -0.2) is 3.63 Å². The average molecular weight is 835 g/mol. The number of alkyl halides is 9. The highest BCUT2D eigenvalue weighted by molar-refractivity contribution is 8.33. The number of methoxy groups -OCH3 is 2. The number of carbonyl (C=O) groups is 1. The summed E-state index contributed by atoms with van der Waals surface area (Å²) in [5.41, 5.74) is 0.176. The van der Waals surface area contributed by atoms with Crippen molar-refractivity contribution in [1.29, 1.82) is 0 Å². The molecule has 0 aliphatic rings. The summed E-state index contributed by atoms with van der Waals surface area (Å²) >= 11 is 1.43. The summed E-state index contributed by atoms with van der Waals surface area (Å²) in [5.74, 6) is -16.0. The van der Waals surface area contributed by atoms with E-state index in [9.17, 15) is 43.9 Å². The molecule has 0 aliphatic carbocycles. The quantitative estimate of drug-likeness (QED) is 0.0814. The van der Waals surface area contributed by atoms with Crippen LogP contribution in [0.4, 0.5) is 39.5 Å². The Kier molecular flexibility index (Phi) is 11.7. The van der Waals surface area contributed by atoms with Gasteiger partial charge in [0.1, 0.15) is 11.5 Å². The number of halogens is 9. The van der Waals surface area contributed by atoms with Gasteiger partial charge in [-0.05, 0) is 95.2 Å². The highest BCUT2D eigenvalue weighted by Gasteiger charge is 2.86. The van der Waals surface area contributed by atoms with Gasteiger partial charge in [0.05, 0.1) is 19.1 Å². The Labute approximate surface area is 314 Å². The number of hydrogen-bond acceptors (Lipinski definition) is 7. The average Bonchev–Trinajstić information content (AvgIpc) is 3.17. The Morgan fingerprint density at radius 1 is 0.582 bits per heavy atom. The monoisotopic (exact) mass is 834 g/mol. The first kappa shape index (κ1) is 41.5. The second kappa shape index (κ2) is 15.5. The molecule has 0 fully saturated rings. The van der Waals surface area contributed by atoms with E-state index < -0.39 is 59.3 Å². The molecule has 0 saturated heterocycles. The van der Waals surface area contributed by atoms with Crippen molar-refractivity contribution in [3.63, 3.8) is 0 Å². The van der Waals surface area contributed by atoms with E-state index in [0.29, 0.717) is 0 Å². The number of ether oxygens (including phenoxy) is 2. The maximum Gasteiger partial charge on any atom is 0.460 e. The molecular formula is C37H27F9O6S3. The maximum absolute atomic E-state index is 15.4. The molecule has 18 heteroatoms. The molecule has 0 amide bonds. The molecule has 0 saturated carbocycles. The van der Waals surface area contributed by atoms with Crippen LogP contribution >= 0.6 is 22.1 Å². The Bertz CT molecular complexity index is 2240. The maximum atomic E-state index is 15.4. The van der Waals surface area contributed by atoms with Gasteiger partial charge in [-0.2, -0.15) is 47.9 Å². The zero-order valence-corrected chi connectivity index (χ0v) is 30.6. The van der Waals surface area contributed by atoms with Crippen molar-refractivity contribution < 1.29 is 65.8 Å². The van der Waals surface area contributed by atoms with Crippen LogP contribution in [0.5, 0.6) is 11.5 Å². The van der Waals surface area contributed by atoms with Crippen LogP contribution in [0, 0.1) is 0 Å². The molecule has 5 rings (SSSR count). The van der Waals surface area contributed by atoms with Gasteiger partial charge in [0.25, 0.3) is 0 Å². The van der Waals surface area contributed by atoms with Gasteiger partial charge in [-0.15, -0.1) is 0 Å². The van der Waals surface area contributed by atoms with E-state index in [-0.39, 0.29) is 27.5 Å². The molecular weight excluding hydrogens is 808 g/mol. The molecule has 0 aliphatic heterocycles. The molecule has 292 valence electrons. The molecule has 0 N–H and O–H groups in total. The van der Waals surface area contributed by atoms with Gasteiger partial charge in [0, 0.05) is 36.8 Å². The van der Waals surface area contributed by atoms with Crippen LogP contribution in [-0.2, 0) is 13.7 Å². The van der Waals surface area contributed by atoms with E-state index in [4.69, 9.17) is 13.1 Å². The van der Waals surface area contributed by atoms with Crippen LogP contribution < -0.4 is 9.47 Å². The third-order valence-corrected chi connectivity index (χ3v) is 14.2. The summed E-state index contributed by atoms with van der Waals surface area (Å²) < 4.78 is 169. The zero-order chi connectivity index (χ0) is 40.5. The zero-order valence-electron chi connectivity index (χ0n) is 28.2. The van der Waals surface area contributed by atoms with Crippen molar-refractivity contribution in [2.24, 2.45) is 0 Å². The molecule has 0 aromatic heterocycles. The minimum atomic E-state index is -7.58. The Hall–Kier alpha value is -4.65. The molecule has 0 spiro atoms. The highest BCUT2D eigenvalue weighted by atomic mass is 32.3. The predicted octanol–water partition coefficient (Wildman–Crippen LogP) is 11.1. The van der Waals surface area contributed by atoms with E-state index in [1.54, 1.807) is 12.1 Å². The minimum absolute atomic E-state index is 0.0280. The Morgan fingerprint density at radius 3 is 1.58 bits per heavy atom. The van der Waals surface area contributed by atoms with Crippen LogP contribution in [0.15, 0.2) is 152 Å². The summed E-state index contributed by atoms with van der Waals surface area (Å²) in [7, 11) is -9.65. The lowest BCUT2D eigenvalue weighted by Crippen LogP contribution is -2.63. The lowest BCUT2D eigenvalue weighted by atomic mass is 10.0. The number of hydrogen-bond donors (Lipinski definition) is 0. The van der Waals surface area contributed by atoms with E-state index in [2.05, 4.69) is 0 Å². The first-order chi connectivity index (χ1) is 25.7. The van der Waals surface area contributed by atoms with Crippen molar-refractivity contribution in [2.75, 3.05) is 14.2 Å². The van der Waals surface area contributed by atoms with Gasteiger partial charge >= 0.3 is 33.4 Å². The van der Waals surface area contributed by atoms with Crippen molar-refractivity contribution in [3.05, 3.63) is 139 Å². The minimum Gasteiger partial charge on any atom is -0.497 e. The van der Waals surface area contributed by atoms with Gasteiger partial charge in [0.2, 0.25) is 0 Å². The van der Waals surface area contributed by atoms with Gasteiger partial charge in [-0.1, -0.05) is 48.2 Å². The second-order valence-corrected chi connectivity index (χ2v) is 17.0. The normalized spacial score (nSPS) is 14.5. The van der Waals surface area contributed by atoms with Gasteiger partial charge in [0.15, 0.2) is 5.78 Å². The smallest absolute Gasteiger partial charge is 0.460 e. The third-order valence-electron chi connectivity index (χ3n) is 7.92. The molecule has 5 aromatic carbocycles. The number of ketones is 1. The second-order valence-electron chi connectivity index (χ2n) is 11.4. The predicted molar refractivity (Wildman–Crippen MR) is 186 cm³/mol. The fourth-order valence-electron chi connectivity index (χ4n) is 5.09. The number of benzene rings is 5. The van der Waals surface area contributed by atoms with Crippen molar-refractivity contribution >= 4 is 38.0 Å². The largest absolute Gasteiger partial charge is 0.497 e. The lowest BCUT2D eigenvalue weighted by Gasteiger charge is -2.42. The molecule has 0 bridgehead atoms. The fraction of sp³-hybridized carbons (Fsp3) is 0.162. The van der Waals surface area contributed by atoms with E-state index in [1.807, 2.05) is 30.3 Å². The van der Waals surface area contributed by atoms with E-state index >= 15 is 8.78 Å². The van der Waals surface area contributed by atoms with Crippen molar-refractivity contribution in [2.45, 2.75) is 47.8 Å². The van der Waals surface area contributed by atoms with Crippen LogP contribution in [0.25, 0.3) is 0 Å². The summed E-state index contributed by atoms with van der Waals surface area (Å²) in [6.07, 6.45) is -7.30. The molecule has 6 nitrogen and oxygen atoms in total. The van der Waals surface area contributed by atoms with Crippen LogP contribution in [0.3, 0.4) is 0 Å². The third kappa shape index (κ3) is 7.64. The van der Waals surface area contributed by atoms with E-state index in [0.717, 1.165) is 65.4 Å². The molecule has 0 radical (unpaired) electrons. The summed E-state index contributed by atoms with van der Waals surface area (Å²) in [6.45, 7) is 0. The lowest BCUT2D eigenvalue weighted by molar-refractivity contribution is -0.382. The molecule has 55 heavy (non-hydrogen) atoms. The molecule has 5 aromatic rings. The Balaban J connectivity index is 1.67. The molecule has 1 unspecified atom stereocenters. The molecule has 0 heterocycles. The van der Waals surface area contributed by atoms with Crippen LogP contribution in [-0.4, -0.2) is 51.7 Å². The first-order valence-corrected chi connectivity index (χ1v) is 19.3. The number of carbonyl (C=O) groups excluding carboxylic acids is 1. The van der Waals surface area contributed by atoms with Gasteiger partial charge < -0.3 is 9.47 Å². The van der Waals surface area contributed by atoms with Crippen LogP contribution in [0.2, 0.25) is 0 Å². The fourth-order valence-corrected chi connectivity index (χ4v) is 11.2. The van der Waals surface area contributed by atoms with Gasteiger partial charge in [-0.3, -0.25) is 4.79 Å². The highest BCUT2D eigenvalue weighted by Crippen LogP contribution is 2.73. The van der Waals surface area contributed by atoms with Crippen molar-refractivity contribution in [3.8, 4) is 11.5 Å². The summed E-state index contributed by atoms with van der Waals surface area (Å²) in [5, 5.41) is -7.19. The summed E-state index contributed by atoms with van der Waals surface area (Å²) in [6, 6.07) is 29.8. The summed E-state index contributed by atoms with van der Waals surface area (Å²) in [4.78, 5) is 14.1.